The van der Waals surface area contributed by atoms with Crippen LogP contribution in [-0.4, -0.2) is 58.6 Å². The Morgan fingerprint density at radius 1 is 1.19 bits per heavy atom. The molecule has 0 saturated heterocycles. The number of nitrogens with zero attached hydrogens (tertiary/aromatic N) is 2. The highest BCUT2D eigenvalue weighted by molar-refractivity contribution is 5.99. The van der Waals surface area contributed by atoms with Crippen molar-refractivity contribution >= 4 is 16.8 Å². The molecule has 2 aromatic carbocycles. The molecule has 3 rings (SSSR count). The average molecular weight is 367 g/mol. The highest BCUT2D eigenvalue weighted by Crippen LogP contribution is 2.29. The summed E-state index contributed by atoms with van der Waals surface area (Å²) in [5.41, 5.74) is 2.85. The molecule has 0 spiro atoms. The van der Waals surface area contributed by atoms with Gasteiger partial charge < -0.3 is 19.7 Å². The van der Waals surface area contributed by atoms with Gasteiger partial charge in [0.15, 0.2) is 5.78 Å². The first-order valence-electron chi connectivity index (χ1n) is 9.24. The highest BCUT2D eigenvalue weighted by Gasteiger charge is 2.13. The number of rotatable bonds is 9. The summed E-state index contributed by atoms with van der Waals surface area (Å²) in [7, 11) is 0. The molecular formula is C21H25N3O3. The van der Waals surface area contributed by atoms with Crippen LogP contribution in [0.3, 0.4) is 0 Å². The Labute approximate surface area is 158 Å². The molecule has 0 bridgehead atoms. The van der Waals surface area contributed by atoms with Gasteiger partial charge in [-0.05, 0) is 43.4 Å². The molecule has 1 heterocycles. The zero-order valence-corrected chi connectivity index (χ0v) is 15.7. The van der Waals surface area contributed by atoms with Gasteiger partial charge in [0.1, 0.15) is 24.8 Å². The standard InChI is InChI=1S/C21H25N3O3/c1-3-24(4-2)11-12-27-20-8-6-5-7-16(20)21-22-17-10-9-15(19(26)14-25)13-18(17)23-21/h5-10,13,25H,3-4,11-12,14H2,1-2H3,(H,22,23). The molecule has 0 fully saturated rings. The zero-order chi connectivity index (χ0) is 19.2. The topological polar surface area (TPSA) is 78.4 Å². The molecular weight excluding hydrogens is 342 g/mol. The number of carbonyl (C=O) groups is 1. The third kappa shape index (κ3) is 4.35. The summed E-state index contributed by atoms with van der Waals surface area (Å²) < 4.78 is 6.01. The summed E-state index contributed by atoms with van der Waals surface area (Å²) in [4.78, 5) is 21.9. The lowest BCUT2D eigenvalue weighted by Gasteiger charge is -2.18. The van der Waals surface area contributed by atoms with E-state index in [2.05, 4.69) is 28.7 Å². The minimum absolute atomic E-state index is 0.312. The van der Waals surface area contributed by atoms with Crippen molar-refractivity contribution in [1.82, 2.24) is 14.9 Å². The maximum absolute atomic E-state index is 11.7. The number of aromatic amines is 1. The molecule has 6 nitrogen and oxygen atoms in total. The number of para-hydroxylation sites is 1. The van der Waals surface area contributed by atoms with Crippen LogP contribution in [0.1, 0.15) is 24.2 Å². The Balaban J connectivity index is 1.84. The molecule has 6 heteroatoms. The van der Waals surface area contributed by atoms with E-state index in [4.69, 9.17) is 9.84 Å². The summed E-state index contributed by atoms with van der Waals surface area (Å²) >= 11 is 0. The monoisotopic (exact) mass is 367 g/mol. The normalized spacial score (nSPS) is 11.3. The lowest BCUT2D eigenvalue weighted by atomic mass is 10.1. The van der Waals surface area contributed by atoms with Gasteiger partial charge in [-0.3, -0.25) is 4.79 Å². The Bertz CT molecular complexity index is 916. The number of imidazole rings is 1. The van der Waals surface area contributed by atoms with E-state index >= 15 is 0 Å². The summed E-state index contributed by atoms with van der Waals surface area (Å²) in [6, 6.07) is 13.0. The first kappa shape index (κ1) is 19.1. The van der Waals surface area contributed by atoms with Gasteiger partial charge in [-0.15, -0.1) is 0 Å². The van der Waals surface area contributed by atoms with E-state index in [0.717, 1.165) is 42.0 Å². The molecule has 1 aromatic heterocycles. The second kappa shape index (κ2) is 8.79. The molecule has 3 aromatic rings. The van der Waals surface area contributed by atoms with Crippen molar-refractivity contribution in [3.63, 3.8) is 0 Å². The van der Waals surface area contributed by atoms with Crippen LogP contribution in [0, 0.1) is 0 Å². The van der Waals surface area contributed by atoms with E-state index in [1.807, 2.05) is 24.3 Å². The fourth-order valence-corrected chi connectivity index (χ4v) is 3.01. The number of H-pyrrole nitrogens is 1. The Morgan fingerprint density at radius 2 is 1.96 bits per heavy atom. The second-order valence-electron chi connectivity index (χ2n) is 6.27. The number of aliphatic hydroxyl groups excluding tert-OH is 1. The molecule has 0 saturated carbocycles. The van der Waals surface area contributed by atoms with Crippen LogP contribution < -0.4 is 4.74 Å². The van der Waals surface area contributed by atoms with Gasteiger partial charge in [-0.2, -0.15) is 0 Å². The van der Waals surface area contributed by atoms with Gasteiger partial charge in [-0.1, -0.05) is 26.0 Å². The fourth-order valence-electron chi connectivity index (χ4n) is 3.01. The molecule has 0 aliphatic rings. The Morgan fingerprint density at radius 3 is 2.70 bits per heavy atom. The lowest BCUT2D eigenvalue weighted by Crippen LogP contribution is -2.27. The van der Waals surface area contributed by atoms with Crippen molar-refractivity contribution in [3.05, 3.63) is 48.0 Å². The maximum atomic E-state index is 11.7. The largest absolute Gasteiger partial charge is 0.491 e. The van der Waals surface area contributed by atoms with Crippen LogP contribution in [0.4, 0.5) is 0 Å². The third-order valence-corrected chi connectivity index (χ3v) is 4.65. The number of aromatic nitrogens is 2. The number of benzene rings is 2. The number of Topliss-reactive ketones (excluding diaryl/α,β-unsaturated/α-hetero) is 1. The molecule has 0 atom stereocenters. The number of carbonyl (C=O) groups excluding carboxylic acids is 1. The lowest BCUT2D eigenvalue weighted by molar-refractivity contribution is 0.0904. The first-order valence-corrected chi connectivity index (χ1v) is 9.24. The third-order valence-electron chi connectivity index (χ3n) is 4.65. The molecule has 0 amide bonds. The van der Waals surface area contributed by atoms with E-state index in [1.54, 1.807) is 18.2 Å². The van der Waals surface area contributed by atoms with Crippen molar-refractivity contribution in [3.8, 4) is 17.1 Å². The number of ketones is 1. The van der Waals surface area contributed by atoms with Crippen molar-refractivity contribution < 1.29 is 14.6 Å². The average Bonchev–Trinajstić information content (AvgIpc) is 3.14. The number of likely N-dealkylation sites (N-methyl/N-ethyl adjacent to an activating group) is 1. The van der Waals surface area contributed by atoms with Gasteiger partial charge in [0.25, 0.3) is 0 Å². The SMILES string of the molecule is CCN(CC)CCOc1ccccc1-c1nc2ccc(C(=O)CO)cc2[nH]1. The Kier molecular flexibility index (Phi) is 6.21. The van der Waals surface area contributed by atoms with E-state index in [-0.39, 0.29) is 5.78 Å². The second-order valence-corrected chi connectivity index (χ2v) is 6.27. The number of fused-ring (bicyclic) bond motifs is 1. The smallest absolute Gasteiger partial charge is 0.188 e. The van der Waals surface area contributed by atoms with Crippen molar-refractivity contribution in [1.29, 1.82) is 0 Å². The van der Waals surface area contributed by atoms with E-state index in [0.29, 0.717) is 18.0 Å². The van der Waals surface area contributed by atoms with Crippen LogP contribution in [0.2, 0.25) is 0 Å². The first-order chi connectivity index (χ1) is 13.2. The van der Waals surface area contributed by atoms with E-state index in [9.17, 15) is 4.79 Å². The van der Waals surface area contributed by atoms with Crippen LogP contribution >= 0.6 is 0 Å². The van der Waals surface area contributed by atoms with Crippen LogP contribution in [-0.2, 0) is 0 Å². The highest BCUT2D eigenvalue weighted by atomic mass is 16.5. The van der Waals surface area contributed by atoms with E-state index in [1.165, 1.54) is 0 Å². The summed E-state index contributed by atoms with van der Waals surface area (Å²) in [6.45, 7) is 7.25. The van der Waals surface area contributed by atoms with Gasteiger partial charge in [0.05, 0.1) is 16.6 Å². The predicted molar refractivity (Wildman–Crippen MR) is 106 cm³/mol. The number of hydrogen-bond donors (Lipinski definition) is 2. The van der Waals surface area contributed by atoms with Crippen LogP contribution in [0.15, 0.2) is 42.5 Å². The molecule has 0 unspecified atom stereocenters. The Hall–Kier alpha value is -2.70. The zero-order valence-electron chi connectivity index (χ0n) is 15.7. The molecule has 0 aliphatic carbocycles. The van der Waals surface area contributed by atoms with Gasteiger partial charge in [-0.25, -0.2) is 4.98 Å². The summed E-state index contributed by atoms with van der Waals surface area (Å²) in [5.74, 6) is 1.15. The molecule has 0 aliphatic heterocycles. The molecule has 142 valence electrons. The fraction of sp³-hybridized carbons (Fsp3) is 0.333. The van der Waals surface area contributed by atoms with Crippen molar-refractivity contribution in [2.45, 2.75) is 13.8 Å². The van der Waals surface area contributed by atoms with Gasteiger partial charge >= 0.3 is 0 Å². The predicted octanol–water partition coefficient (Wildman–Crippen LogP) is 3.13. The maximum Gasteiger partial charge on any atom is 0.188 e. The quantitative estimate of drug-likeness (QED) is 0.568. The molecule has 27 heavy (non-hydrogen) atoms. The molecule has 2 N–H and O–H groups in total. The number of aliphatic hydroxyl groups is 1. The van der Waals surface area contributed by atoms with Crippen LogP contribution in [0.25, 0.3) is 22.4 Å². The van der Waals surface area contributed by atoms with Crippen LogP contribution in [0.5, 0.6) is 5.75 Å². The number of hydrogen-bond acceptors (Lipinski definition) is 5. The van der Waals surface area contributed by atoms with Gasteiger partial charge in [0.2, 0.25) is 0 Å². The number of ether oxygens (including phenoxy) is 1. The van der Waals surface area contributed by atoms with E-state index < -0.39 is 6.61 Å². The minimum Gasteiger partial charge on any atom is -0.491 e. The number of nitrogens with one attached hydrogen (secondary N) is 1. The minimum atomic E-state index is -0.504. The van der Waals surface area contributed by atoms with Gasteiger partial charge in [0, 0.05) is 12.1 Å². The van der Waals surface area contributed by atoms with Crippen molar-refractivity contribution in [2.24, 2.45) is 0 Å². The molecule has 0 radical (unpaired) electrons. The van der Waals surface area contributed by atoms with Crippen molar-refractivity contribution in [2.75, 3.05) is 32.8 Å². The summed E-state index contributed by atoms with van der Waals surface area (Å²) in [6.07, 6.45) is 0. The summed E-state index contributed by atoms with van der Waals surface area (Å²) in [5, 5.41) is 9.04.